The van der Waals surface area contributed by atoms with Gasteiger partial charge in [0.05, 0.1) is 18.0 Å². The van der Waals surface area contributed by atoms with Gasteiger partial charge in [0.1, 0.15) is 22.9 Å². The number of rotatable bonds is 2. The van der Waals surface area contributed by atoms with Crippen molar-refractivity contribution >= 4 is 28.3 Å². The number of hydrogen-bond acceptors (Lipinski definition) is 4. The monoisotopic (exact) mass is 410 g/mol. The Morgan fingerprint density at radius 1 is 1.07 bits per heavy atom. The first-order valence-corrected chi connectivity index (χ1v) is 7.49. The van der Waals surface area contributed by atoms with Crippen LogP contribution in [-0.2, 0) is 12.4 Å². The molecule has 0 saturated heterocycles. The molecule has 0 aliphatic carbocycles. The first-order valence-electron chi connectivity index (χ1n) is 7.11. The lowest BCUT2D eigenvalue weighted by Crippen LogP contribution is -2.15. The maximum Gasteiger partial charge on any atom is 0.434 e. The summed E-state index contributed by atoms with van der Waals surface area (Å²) in [5, 5.41) is 3.23. The van der Waals surface area contributed by atoms with Gasteiger partial charge in [-0.15, -0.1) is 0 Å². The number of alkyl halides is 6. The minimum atomic E-state index is -5.18. The highest BCUT2D eigenvalue weighted by Gasteiger charge is 2.41. The highest BCUT2D eigenvalue weighted by Crippen LogP contribution is 2.40. The summed E-state index contributed by atoms with van der Waals surface area (Å²) in [6.45, 7) is 0. The van der Waals surface area contributed by atoms with Gasteiger partial charge >= 0.3 is 12.4 Å². The second-order valence-electron chi connectivity index (χ2n) is 5.36. The molecule has 2 heterocycles. The van der Waals surface area contributed by atoms with Gasteiger partial charge in [0, 0.05) is 5.02 Å². The van der Waals surface area contributed by atoms with Crippen LogP contribution < -0.4 is 10.5 Å². The van der Waals surface area contributed by atoms with E-state index < -0.39 is 40.5 Å². The van der Waals surface area contributed by atoms with Crippen molar-refractivity contribution in [3.8, 4) is 11.4 Å². The molecule has 0 amide bonds. The third-order valence-electron chi connectivity index (χ3n) is 3.62. The average molecular weight is 411 g/mol. The molecule has 0 atom stereocenters. The molecule has 0 unspecified atom stereocenters. The average Bonchev–Trinajstić information content (AvgIpc) is 2.89. The lowest BCUT2D eigenvalue weighted by atomic mass is 10.2. The predicted molar refractivity (Wildman–Crippen MR) is 84.8 cm³/mol. The summed E-state index contributed by atoms with van der Waals surface area (Å²) in [4.78, 5) is 2.73. The van der Waals surface area contributed by atoms with Gasteiger partial charge in [-0.25, -0.2) is 9.67 Å². The van der Waals surface area contributed by atoms with Crippen LogP contribution in [0.5, 0.6) is 5.75 Å². The van der Waals surface area contributed by atoms with Crippen LogP contribution in [0.3, 0.4) is 0 Å². The van der Waals surface area contributed by atoms with Gasteiger partial charge < -0.3 is 10.5 Å². The summed E-state index contributed by atoms with van der Waals surface area (Å²) in [6, 6.07) is 4.56. The molecule has 0 radical (unpaired) electrons. The Hall–Kier alpha value is -2.69. The van der Waals surface area contributed by atoms with Gasteiger partial charge in [0.25, 0.3) is 0 Å². The normalized spacial score (nSPS) is 12.6. The van der Waals surface area contributed by atoms with Crippen LogP contribution in [0.25, 0.3) is 16.6 Å². The van der Waals surface area contributed by atoms with E-state index in [0.29, 0.717) is 6.07 Å². The zero-order chi connectivity index (χ0) is 20.1. The zero-order valence-electron chi connectivity index (χ0n) is 13.3. The standard InChI is InChI=1S/C15H9ClF6N4O/c1-27-9-3-2-6(16)4-8(9)26-13(23)11-7(25-26)5-10(14(17,18)19)24-12(11)15(20,21)22/h2-5H,23H2,1H3. The number of hydrogen-bond donors (Lipinski definition) is 1. The number of benzene rings is 1. The number of ether oxygens (including phenoxy) is 1. The second-order valence-corrected chi connectivity index (χ2v) is 5.80. The molecule has 2 aromatic heterocycles. The molecule has 27 heavy (non-hydrogen) atoms. The fraction of sp³-hybridized carbons (Fsp3) is 0.200. The van der Waals surface area contributed by atoms with Gasteiger partial charge in [-0.2, -0.15) is 31.4 Å². The first-order chi connectivity index (χ1) is 12.4. The summed E-state index contributed by atoms with van der Waals surface area (Å²) >= 11 is 5.89. The number of nitrogens with two attached hydrogens (primary N) is 1. The van der Waals surface area contributed by atoms with Crippen LogP contribution in [-0.4, -0.2) is 21.9 Å². The third kappa shape index (κ3) is 3.34. The molecule has 2 N–H and O–H groups in total. The molecule has 144 valence electrons. The molecule has 0 aliphatic rings. The van der Waals surface area contributed by atoms with Crippen molar-refractivity contribution in [1.82, 2.24) is 14.8 Å². The predicted octanol–water partition coefficient (Wildman–Crippen LogP) is 4.70. The van der Waals surface area contributed by atoms with E-state index in [9.17, 15) is 26.3 Å². The van der Waals surface area contributed by atoms with Gasteiger partial charge in [0.15, 0.2) is 5.69 Å². The number of nitrogens with zero attached hydrogens (tertiary/aromatic N) is 3. The molecule has 3 rings (SSSR count). The van der Waals surface area contributed by atoms with Gasteiger partial charge in [-0.05, 0) is 24.3 Å². The lowest BCUT2D eigenvalue weighted by molar-refractivity contribution is -0.149. The number of anilines is 1. The third-order valence-corrected chi connectivity index (χ3v) is 3.85. The second kappa shape index (κ2) is 6.19. The zero-order valence-corrected chi connectivity index (χ0v) is 14.0. The molecule has 0 bridgehead atoms. The number of fused-ring (bicyclic) bond motifs is 1. The van der Waals surface area contributed by atoms with E-state index in [2.05, 4.69) is 10.1 Å². The summed E-state index contributed by atoms with van der Waals surface area (Å²) in [7, 11) is 1.29. The van der Waals surface area contributed by atoms with Crippen molar-refractivity contribution in [2.75, 3.05) is 12.8 Å². The first kappa shape index (κ1) is 19.1. The minimum Gasteiger partial charge on any atom is -0.494 e. The molecule has 0 aliphatic heterocycles. The summed E-state index contributed by atoms with van der Waals surface area (Å²) in [5.74, 6) is -0.407. The van der Waals surface area contributed by atoms with E-state index >= 15 is 0 Å². The molecule has 0 spiro atoms. The van der Waals surface area contributed by atoms with Crippen LogP contribution in [0.1, 0.15) is 11.4 Å². The van der Waals surface area contributed by atoms with Crippen LogP contribution in [0.15, 0.2) is 24.3 Å². The largest absolute Gasteiger partial charge is 0.494 e. The van der Waals surface area contributed by atoms with E-state index in [-0.39, 0.29) is 16.5 Å². The van der Waals surface area contributed by atoms with Crippen molar-refractivity contribution in [3.05, 3.63) is 40.7 Å². The van der Waals surface area contributed by atoms with E-state index in [0.717, 1.165) is 4.68 Å². The van der Waals surface area contributed by atoms with Gasteiger partial charge in [0.2, 0.25) is 0 Å². The molecule has 5 nitrogen and oxygen atoms in total. The number of methoxy groups -OCH3 is 1. The van der Waals surface area contributed by atoms with Crippen molar-refractivity contribution in [2.45, 2.75) is 12.4 Å². The Balaban J connectivity index is 2.40. The van der Waals surface area contributed by atoms with E-state index in [1.165, 1.54) is 25.3 Å². The topological polar surface area (TPSA) is 66.0 Å². The summed E-state index contributed by atoms with van der Waals surface area (Å²) in [6.07, 6.45) is -10.3. The molecule has 1 aromatic carbocycles. The van der Waals surface area contributed by atoms with Crippen LogP contribution >= 0.6 is 11.6 Å². The fourth-order valence-corrected chi connectivity index (χ4v) is 2.66. The molecule has 0 saturated carbocycles. The summed E-state index contributed by atoms with van der Waals surface area (Å²) in [5.41, 5.74) is 1.70. The number of halogens is 7. The molecular weight excluding hydrogens is 402 g/mol. The molecule has 12 heteroatoms. The smallest absolute Gasteiger partial charge is 0.434 e. The van der Waals surface area contributed by atoms with Crippen LogP contribution in [0, 0.1) is 0 Å². The number of pyridine rings is 1. The number of nitrogen functional groups attached to an aromatic ring is 1. The highest BCUT2D eigenvalue weighted by atomic mass is 35.5. The van der Waals surface area contributed by atoms with Crippen LogP contribution in [0.2, 0.25) is 5.02 Å². The molecule has 0 fully saturated rings. The van der Waals surface area contributed by atoms with Gasteiger partial charge in [-0.3, -0.25) is 0 Å². The fourth-order valence-electron chi connectivity index (χ4n) is 2.49. The summed E-state index contributed by atoms with van der Waals surface area (Å²) < 4.78 is 84.7. The van der Waals surface area contributed by atoms with Gasteiger partial charge in [-0.1, -0.05) is 11.6 Å². The van der Waals surface area contributed by atoms with E-state index in [1.807, 2.05) is 0 Å². The quantitative estimate of drug-likeness (QED) is 0.622. The maximum absolute atomic E-state index is 13.3. The highest BCUT2D eigenvalue weighted by molar-refractivity contribution is 6.30. The Labute approximate surface area is 152 Å². The Bertz CT molecular complexity index is 1030. The Morgan fingerprint density at radius 3 is 2.30 bits per heavy atom. The SMILES string of the molecule is COc1ccc(Cl)cc1-n1nc2cc(C(F)(F)F)nc(C(F)(F)F)c2c1N. The molecular formula is C15H9ClF6N4O. The van der Waals surface area contributed by atoms with E-state index in [1.54, 1.807) is 0 Å². The minimum absolute atomic E-state index is 0.0559. The van der Waals surface area contributed by atoms with Crippen molar-refractivity contribution < 1.29 is 31.1 Å². The lowest BCUT2D eigenvalue weighted by Gasteiger charge is -2.12. The van der Waals surface area contributed by atoms with Crippen molar-refractivity contribution in [1.29, 1.82) is 0 Å². The number of aromatic nitrogens is 3. The van der Waals surface area contributed by atoms with Crippen molar-refractivity contribution in [2.24, 2.45) is 0 Å². The molecule has 3 aromatic rings. The van der Waals surface area contributed by atoms with Crippen molar-refractivity contribution in [3.63, 3.8) is 0 Å². The maximum atomic E-state index is 13.3. The Kier molecular flexibility index (Phi) is 4.37. The Morgan fingerprint density at radius 2 is 1.74 bits per heavy atom. The van der Waals surface area contributed by atoms with E-state index in [4.69, 9.17) is 22.1 Å². The van der Waals surface area contributed by atoms with Crippen LogP contribution in [0.4, 0.5) is 32.2 Å².